The number of amides is 1. The molecule has 5 heteroatoms. The molecule has 5 nitrogen and oxygen atoms in total. The van der Waals surface area contributed by atoms with Crippen molar-refractivity contribution in [1.82, 2.24) is 19.4 Å². The van der Waals surface area contributed by atoms with Crippen molar-refractivity contribution in [3.05, 3.63) is 101 Å². The van der Waals surface area contributed by atoms with Gasteiger partial charge in [0.05, 0.1) is 17.6 Å². The summed E-state index contributed by atoms with van der Waals surface area (Å²) in [7, 11) is 0. The summed E-state index contributed by atoms with van der Waals surface area (Å²) in [5, 5.41) is 0. The molecule has 0 spiro atoms. The Morgan fingerprint density at radius 2 is 1.63 bits per heavy atom. The van der Waals surface area contributed by atoms with E-state index in [2.05, 4.69) is 84.8 Å². The van der Waals surface area contributed by atoms with Gasteiger partial charge in [0.2, 0.25) is 0 Å². The van der Waals surface area contributed by atoms with Crippen LogP contribution in [-0.4, -0.2) is 51.4 Å². The van der Waals surface area contributed by atoms with E-state index < -0.39 is 0 Å². The third-order valence-corrected chi connectivity index (χ3v) is 7.01. The second kappa shape index (κ2) is 10.0. The monoisotopic (exact) mass is 466 g/mol. The molecular formula is C30H34N4O. The number of piperazine rings is 1. The third kappa shape index (κ3) is 5.15. The molecule has 3 aromatic carbocycles. The van der Waals surface area contributed by atoms with E-state index >= 15 is 0 Å². The standard InChI is InChI=1S/C30H34N4O/c1-22(2)25-11-13-26(14-12-25)30(35)33-17-15-32(16-18-33)21-29-31-27-9-4-5-10-28(27)34(29)20-24-8-6-7-23(3)19-24/h4-14,19,22H,15-18,20-21H2,1-3H3. The van der Waals surface area contributed by atoms with E-state index in [0.717, 1.165) is 56.2 Å². The average molecular weight is 467 g/mol. The first-order valence-corrected chi connectivity index (χ1v) is 12.6. The summed E-state index contributed by atoms with van der Waals surface area (Å²) in [6.45, 7) is 11.2. The van der Waals surface area contributed by atoms with Gasteiger partial charge in [-0.15, -0.1) is 0 Å². The van der Waals surface area contributed by atoms with E-state index in [9.17, 15) is 4.79 Å². The Morgan fingerprint density at radius 1 is 0.886 bits per heavy atom. The molecule has 0 radical (unpaired) electrons. The molecule has 180 valence electrons. The molecule has 0 atom stereocenters. The molecule has 1 saturated heterocycles. The maximum atomic E-state index is 13.0. The molecule has 4 aromatic rings. The van der Waals surface area contributed by atoms with Crippen LogP contribution in [0.25, 0.3) is 11.0 Å². The van der Waals surface area contributed by atoms with Crippen molar-refractivity contribution in [3.8, 4) is 0 Å². The molecule has 1 amide bonds. The molecule has 1 aliphatic rings. The number of rotatable bonds is 6. The van der Waals surface area contributed by atoms with Gasteiger partial charge >= 0.3 is 0 Å². The molecule has 0 aliphatic carbocycles. The average Bonchev–Trinajstić information content (AvgIpc) is 3.21. The second-order valence-corrected chi connectivity index (χ2v) is 9.94. The minimum Gasteiger partial charge on any atom is -0.336 e. The van der Waals surface area contributed by atoms with Crippen molar-refractivity contribution in [1.29, 1.82) is 0 Å². The van der Waals surface area contributed by atoms with Gasteiger partial charge in [0.25, 0.3) is 5.91 Å². The quantitative estimate of drug-likeness (QED) is 0.378. The van der Waals surface area contributed by atoms with Gasteiger partial charge in [-0.25, -0.2) is 4.98 Å². The number of aryl methyl sites for hydroxylation is 1. The summed E-state index contributed by atoms with van der Waals surface area (Å²) in [4.78, 5) is 22.4. The molecule has 0 saturated carbocycles. The van der Waals surface area contributed by atoms with Crippen molar-refractivity contribution in [2.45, 2.75) is 39.8 Å². The van der Waals surface area contributed by atoms with Crippen LogP contribution in [0.4, 0.5) is 0 Å². The number of fused-ring (bicyclic) bond motifs is 1. The third-order valence-electron chi connectivity index (χ3n) is 7.01. The Morgan fingerprint density at radius 3 is 2.34 bits per heavy atom. The highest BCUT2D eigenvalue weighted by molar-refractivity contribution is 5.94. The number of carbonyl (C=O) groups excluding carboxylic acids is 1. The minimum atomic E-state index is 0.131. The number of imidazole rings is 1. The molecule has 0 bridgehead atoms. The van der Waals surface area contributed by atoms with Gasteiger partial charge in [-0.2, -0.15) is 0 Å². The number of nitrogens with zero attached hydrogens (tertiary/aromatic N) is 4. The van der Waals surface area contributed by atoms with E-state index in [0.29, 0.717) is 5.92 Å². The van der Waals surface area contributed by atoms with Crippen molar-refractivity contribution >= 4 is 16.9 Å². The lowest BCUT2D eigenvalue weighted by Crippen LogP contribution is -2.48. The van der Waals surface area contributed by atoms with Crippen LogP contribution in [0, 0.1) is 6.92 Å². The molecule has 1 aliphatic heterocycles. The number of hydrogen-bond donors (Lipinski definition) is 0. The molecule has 35 heavy (non-hydrogen) atoms. The topological polar surface area (TPSA) is 41.4 Å². The summed E-state index contributed by atoms with van der Waals surface area (Å²) >= 11 is 0. The summed E-state index contributed by atoms with van der Waals surface area (Å²) < 4.78 is 2.35. The van der Waals surface area contributed by atoms with Crippen LogP contribution in [-0.2, 0) is 13.1 Å². The van der Waals surface area contributed by atoms with Crippen LogP contribution >= 0.6 is 0 Å². The van der Waals surface area contributed by atoms with E-state index in [4.69, 9.17) is 4.98 Å². The van der Waals surface area contributed by atoms with Gasteiger partial charge in [-0.1, -0.05) is 67.9 Å². The van der Waals surface area contributed by atoms with Crippen LogP contribution in [0.15, 0.2) is 72.8 Å². The van der Waals surface area contributed by atoms with Crippen LogP contribution in [0.2, 0.25) is 0 Å². The van der Waals surface area contributed by atoms with Crippen molar-refractivity contribution in [3.63, 3.8) is 0 Å². The van der Waals surface area contributed by atoms with E-state index in [1.807, 2.05) is 23.1 Å². The zero-order chi connectivity index (χ0) is 24.4. The maximum absolute atomic E-state index is 13.0. The lowest BCUT2D eigenvalue weighted by atomic mass is 10.0. The van der Waals surface area contributed by atoms with Gasteiger partial charge in [-0.3, -0.25) is 9.69 Å². The number of carbonyl (C=O) groups is 1. The summed E-state index contributed by atoms with van der Waals surface area (Å²) in [5.74, 6) is 1.68. The molecular weight excluding hydrogens is 432 g/mol. The predicted octanol–water partition coefficient (Wildman–Crippen LogP) is 5.47. The first kappa shape index (κ1) is 23.3. The highest BCUT2D eigenvalue weighted by atomic mass is 16.2. The zero-order valence-electron chi connectivity index (χ0n) is 20.9. The fourth-order valence-electron chi connectivity index (χ4n) is 4.92. The number of para-hydroxylation sites is 2. The Bertz CT molecular complexity index is 1310. The molecule has 1 aromatic heterocycles. The fourth-order valence-corrected chi connectivity index (χ4v) is 4.92. The normalized spacial score (nSPS) is 14.7. The lowest BCUT2D eigenvalue weighted by Gasteiger charge is -2.34. The second-order valence-electron chi connectivity index (χ2n) is 9.94. The van der Waals surface area contributed by atoms with Crippen LogP contribution in [0.5, 0.6) is 0 Å². The number of benzene rings is 3. The van der Waals surface area contributed by atoms with E-state index in [-0.39, 0.29) is 5.91 Å². The Balaban J connectivity index is 1.28. The minimum absolute atomic E-state index is 0.131. The first-order valence-electron chi connectivity index (χ1n) is 12.6. The molecule has 1 fully saturated rings. The molecule has 5 rings (SSSR count). The SMILES string of the molecule is Cc1cccc(Cn2c(CN3CCN(C(=O)c4ccc(C(C)C)cc4)CC3)nc3ccccc32)c1. The van der Waals surface area contributed by atoms with Crippen LogP contribution in [0.1, 0.15) is 52.6 Å². The van der Waals surface area contributed by atoms with Gasteiger partial charge in [0.1, 0.15) is 5.82 Å². The molecule has 2 heterocycles. The Kier molecular flexibility index (Phi) is 6.69. The summed E-state index contributed by atoms with van der Waals surface area (Å²) in [5.41, 5.74) is 6.81. The van der Waals surface area contributed by atoms with Gasteiger partial charge in [0, 0.05) is 38.3 Å². The van der Waals surface area contributed by atoms with Crippen molar-refractivity contribution in [2.75, 3.05) is 26.2 Å². The first-order chi connectivity index (χ1) is 17.0. The lowest BCUT2D eigenvalue weighted by molar-refractivity contribution is 0.0624. The highest BCUT2D eigenvalue weighted by Gasteiger charge is 2.24. The highest BCUT2D eigenvalue weighted by Crippen LogP contribution is 2.21. The number of aromatic nitrogens is 2. The van der Waals surface area contributed by atoms with Crippen molar-refractivity contribution < 1.29 is 4.79 Å². The largest absolute Gasteiger partial charge is 0.336 e. The molecule has 0 unspecified atom stereocenters. The summed E-state index contributed by atoms with van der Waals surface area (Å²) in [6, 6.07) is 25.2. The fraction of sp³-hybridized carbons (Fsp3) is 0.333. The number of hydrogen-bond acceptors (Lipinski definition) is 3. The van der Waals surface area contributed by atoms with Crippen molar-refractivity contribution in [2.24, 2.45) is 0 Å². The zero-order valence-corrected chi connectivity index (χ0v) is 20.9. The van der Waals surface area contributed by atoms with Crippen LogP contribution in [0.3, 0.4) is 0 Å². The van der Waals surface area contributed by atoms with Gasteiger partial charge in [0.15, 0.2) is 0 Å². The van der Waals surface area contributed by atoms with Gasteiger partial charge < -0.3 is 9.47 Å². The summed E-state index contributed by atoms with van der Waals surface area (Å²) in [6.07, 6.45) is 0. The van der Waals surface area contributed by atoms with E-state index in [1.54, 1.807) is 0 Å². The smallest absolute Gasteiger partial charge is 0.253 e. The van der Waals surface area contributed by atoms with Gasteiger partial charge in [-0.05, 0) is 48.2 Å². The predicted molar refractivity (Wildman–Crippen MR) is 142 cm³/mol. The van der Waals surface area contributed by atoms with E-state index in [1.165, 1.54) is 22.2 Å². The Hall–Kier alpha value is -3.44. The Labute approximate surface area is 208 Å². The van der Waals surface area contributed by atoms with Crippen LogP contribution < -0.4 is 0 Å². The molecule has 0 N–H and O–H groups in total. The maximum Gasteiger partial charge on any atom is 0.253 e.